The van der Waals surface area contributed by atoms with Crippen LogP contribution in [-0.2, 0) is 0 Å². The van der Waals surface area contributed by atoms with Crippen LogP contribution < -0.4 is 20.1 Å². The van der Waals surface area contributed by atoms with Gasteiger partial charge in [0.05, 0.1) is 19.9 Å². The zero-order valence-electron chi connectivity index (χ0n) is 11.2. The number of hydrogen-bond donors (Lipinski definition) is 2. The van der Waals surface area contributed by atoms with Crippen LogP contribution in [0.4, 0.5) is 17.2 Å². The Balaban J connectivity index is 2.30. The molecule has 0 fully saturated rings. The summed E-state index contributed by atoms with van der Waals surface area (Å²) < 4.78 is 10.5. The van der Waals surface area contributed by atoms with Crippen LogP contribution in [0.3, 0.4) is 0 Å². The van der Waals surface area contributed by atoms with Gasteiger partial charge in [0, 0.05) is 31.1 Å². The summed E-state index contributed by atoms with van der Waals surface area (Å²) in [5, 5.41) is 6.29. The summed E-state index contributed by atoms with van der Waals surface area (Å²) >= 11 is 0. The van der Waals surface area contributed by atoms with Crippen LogP contribution in [0.15, 0.2) is 36.5 Å². The van der Waals surface area contributed by atoms with Gasteiger partial charge in [0.1, 0.15) is 17.3 Å². The molecule has 1 aromatic heterocycles. The molecule has 0 bridgehead atoms. The van der Waals surface area contributed by atoms with Gasteiger partial charge in [-0.15, -0.1) is 0 Å². The standard InChI is InChI=1S/C14H17N3O2/c1-15-14-8-10(6-7-16-14)17-12-9-11(18-2)4-5-13(12)19-3/h4-9H,1-3H3,(H2,15,16,17). The molecule has 0 aliphatic rings. The molecule has 2 aromatic rings. The lowest BCUT2D eigenvalue weighted by molar-refractivity contribution is 0.405. The van der Waals surface area contributed by atoms with E-state index in [9.17, 15) is 0 Å². The molecule has 0 radical (unpaired) electrons. The third kappa shape index (κ3) is 3.07. The monoisotopic (exact) mass is 259 g/mol. The van der Waals surface area contributed by atoms with E-state index in [1.165, 1.54) is 0 Å². The van der Waals surface area contributed by atoms with Crippen LogP contribution in [0.2, 0.25) is 0 Å². The smallest absolute Gasteiger partial charge is 0.142 e. The van der Waals surface area contributed by atoms with Crippen LogP contribution in [0, 0.1) is 0 Å². The number of rotatable bonds is 5. The first kappa shape index (κ1) is 13.0. The molecule has 0 spiro atoms. The minimum Gasteiger partial charge on any atom is -0.497 e. The summed E-state index contributed by atoms with van der Waals surface area (Å²) in [5.74, 6) is 2.32. The van der Waals surface area contributed by atoms with Gasteiger partial charge in [0.25, 0.3) is 0 Å². The van der Waals surface area contributed by atoms with Crippen molar-refractivity contribution < 1.29 is 9.47 Å². The Labute approximate surface area is 112 Å². The third-order valence-electron chi connectivity index (χ3n) is 2.70. The van der Waals surface area contributed by atoms with E-state index in [4.69, 9.17) is 9.47 Å². The predicted molar refractivity (Wildman–Crippen MR) is 76.6 cm³/mol. The number of hydrogen-bond acceptors (Lipinski definition) is 5. The average molecular weight is 259 g/mol. The summed E-state index contributed by atoms with van der Waals surface area (Å²) in [4.78, 5) is 4.17. The Bertz CT molecular complexity index is 558. The van der Waals surface area contributed by atoms with E-state index in [0.29, 0.717) is 0 Å². The lowest BCUT2D eigenvalue weighted by Crippen LogP contribution is -1.97. The molecular formula is C14H17N3O2. The lowest BCUT2D eigenvalue weighted by Gasteiger charge is -2.13. The van der Waals surface area contributed by atoms with Crippen molar-refractivity contribution in [3.05, 3.63) is 36.5 Å². The highest BCUT2D eigenvalue weighted by molar-refractivity contribution is 5.69. The van der Waals surface area contributed by atoms with Crippen molar-refractivity contribution in [1.82, 2.24) is 4.98 Å². The van der Waals surface area contributed by atoms with Gasteiger partial charge in [0.15, 0.2) is 0 Å². The quantitative estimate of drug-likeness (QED) is 0.864. The predicted octanol–water partition coefficient (Wildman–Crippen LogP) is 2.88. The number of pyridine rings is 1. The zero-order valence-corrected chi connectivity index (χ0v) is 11.2. The topological polar surface area (TPSA) is 55.4 Å². The van der Waals surface area contributed by atoms with Crippen LogP contribution in [0.25, 0.3) is 0 Å². The Morgan fingerprint density at radius 1 is 1.05 bits per heavy atom. The summed E-state index contributed by atoms with van der Waals surface area (Å²) in [5.41, 5.74) is 1.76. The average Bonchev–Trinajstić information content (AvgIpc) is 2.47. The molecule has 0 amide bonds. The highest BCUT2D eigenvalue weighted by Gasteiger charge is 2.05. The van der Waals surface area contributed by atoms with Gasteiger partial charge in [-0.2, -0.15) is 0 Å². The van der Waals surface area contributed by atoms with Crippen molar-refractivity contribution in [2.24, 2.45) is 0 Å². The fraction of sp³-hybridized carbons (Fsp3) is 0.214. The molecule has 1 heterocycles. The third-order valence-corrected chi connectivity index (χ3v) is 2.70. The van der Waals surface area contributed by atoms with Gasteiger partial charge < -0.3 is 20.1 Å². The van der Waals surface area contributed by atoms with Crippen molar-refractivity contribution in [3.8, 4) is 11.5 Å². The second-order valence-corrected chi connectivity index (χ2v) is 3.87. The normalized spacial score (nSPS) is 9.84. The minimum atomic E-state index is 0.753. The Kier molecular flexibility index (Phi) is 4.07. The number of nitrogens with zero attached hydrogens (tertiary/aromatic N) is 1. The molecule has 0 saturated heterocycles. The molecule has 5 heteroatoms. The molecule has 5 nitrogen and oxygen atoms in total. The molecule has 0 unspecified atom stereocenters. The van der Waals surface area contributed by atoms with Crippen LogP contribution >= 0.6 is 0 Å². The van der Waals surface area contributed by atoms with Crippen LogP contribution in [-0.4, -0.2) is 26.3 Å². The maximum atomic E-state index is 5.32. The Morgan fingerprint density at radius 2 is 1.89 bits per heavy atom. The SMILES string of the molecule is CNc1cc(Nc2cc(OC)ccc2OC)ccn1. The van der Waals surface area contributed by atoms with E-state index in [2.05, 4.69) is 15.6 Å². The molecule has 2 N–H and O–H groups in total. The molecule has 2 rings (SSSR count). The summed E-state index contributed by atoms with van der Waals surface area (Å²) in [6, 6.07) is 9.41. The van der Waals surface area contributed by atoms with E-state index in [0.717, 1.165) is 28.7 Å². The first-order valence-corrected chi connectivity index (χ1v) is 5.89. The zero-order chi connectivity index (χ0) is 13.7. The molecular weight excluding hydrogens is 242 g/mol. The molecule has 19 heavy (non-hydrogen) atoms. The molecule has 0 atom stereocenters. The number of methoxy groups -OCH3 is 2. The summed E-state index contributed by atoms with van der Waals surface area (Å²) in [7, 11) is 5.11. The van der Waals surface area contributed by atoms with E-state index in [-0.39, 0.29) is 0 Å². The van der Waals surface area contributed by atoms with Gasteiger partial charge in [-0.25, -0.2) is 4.98 Å². The van der Waals surface area contributed by atoms with Crippen molar-refractivity contribution in [2.45, 2.75) is 0 Å². The van der Waals surface area contributed by atoms with Crippen molar-refractivity contribution in [2.75, 3.05) is 31.9 Å². The number of ether oxygens (including phenoxy) is 2. The maximum Gasteiger partial charge on any atom is 0.142 e. The van der Waals surface area contributed by atoms with E-state index in [1.807, 2.05) is 37.4 Å². The number of anilines is 3. The Morgan fingerprint density at radius 3 is 2.58 bits per heavy atom. The second-order valence-electron chi connectivity index (χ2n) is 3.87. The van der Waals surface area contributed by atoms with E-state index in [1.54, 1.807) is 20.4 Å². The van der Waals surface area contributed by atoms with Gasteiger partial charge in [-0.1, -0.05) is 0 Å². The minimum absolute atomic E-state index is 0.753. The van der Waals surface area contributed by atoms with Crippen molar-refractivity contribution in [3.63, 3.8) is 0 Å². The highest BCUT2D eigenvalue weighted by atomic mass is 16.5. The lowest BCUT2D eigenvalue weighted by atomic mass is 10.2. The summed E-state index contributed by atoms with van der Waals surface area (Å²) in [6.07, 6.45) is 1.74. The summed E-state index contributed by atoms with van der Waals surface area (Å²) in [6.45, 7) is 0. The van der Waals surface area contributed by atoms with Gasteiger partial charge in [-0.3, -0.25) is 0 Å². The van der Waals surface area contributed by atoms with E-state index >= 15 is 0 Å². The largest absolute Gasteiger partial charge is 0.497 e. The fourth-order valence-corrected chi connectivity index (χ4v) is 1.71. The first-order chi connectivity index (χ1) is 9.26. The molecule has 1 aromatic carbocycles. The van der Waals surface area contributed by atoms with Crippen molar-refractivity contribution >= 4 is 17.2 Å². The van der Waals surface area contributed by atoms with Gasteiger partial charge in [0.2, 0.25) is 0 Å². The van der Waals surface area contributed by atoms with Gasteiger partial charge >= 0.3 is 0 Å². The maximum absolute atomic E-state index is 5.32. The number of nitrogens with one attached hydrogen (secondary N) is 2. The molecule has 0 aliphatic heterocycles. The second kappa shape index (κ2) is 5.95. The number of aromatic nitrogens is 1. The molecule has 100 valence electrons. The van der Waals surface area contributed by atoms with E-state index < -0.39 is 0 Å². The highest BCUT2D eigenvalue weighted by Crippen LogP contribution is 2.31. The molecule has 0 saturated carbocycles. The Hall–Kier alpha value is -2.43. The van der Waals surface area contributed by atoms with Crippen LogP contribution in [0.1, 0.15) is 0 Å². The van der Waals surface area contributed by atoms with Crippen molar-refractivity contribution in [1.29, 1.82) is 0 Å². The fourth-order valence-electron chi connectivity index (χ4n) is 1.71. The van der Waals surface area contributed by atoms with Crippen LogP contribution in [0.5, 0.6) is 11.5 Å². The molecule has 0 aliphatic carbocycles. The van der Waals surface area contributed by atoms with Gasteiger partial charge in [-0.05, 0) is 18.2 Å². The number of benzene rings is 1. The first-order valence-electron chi connectivity index (χ1n) is 5.89.